The standard InChI is InChI=1S/C46H30O4/c47-43(33-23-11-3-12-24-33)39-37(31-19-7-1-8-20-31)38(32-21-9-2-10-22-32)40(44(48)34-25-13-4-14-26-34)42(46(50)36-29-17-6-18-30-36)41(39)45(49)35-27-15-5-16-28-35/h1-30H. The van der Waals surface area contributed by atoms with Gasteiger partial charge in [0.15, 0.2) is 23.1 Å². The van der Waals surface area contributed by atoms with Crippen molar-refractivity contribution < 1.29 is 19.2 Å². The average Bonchev–Trinajstić information content (AvgIpc) is 3.20. The molecule has 0 aliphatic heterocycles. The minimum atomic E-state index is -0.539. The first kappa shape index (κ1) is 31.8. The van der Waals surface area contributed by atoms with Gasteiger partial charge in [-0.25, -0.2) is 0 Å². The molecule has 0 atom stereocenters. The highest BCUT2D eigenvalue weighted by molar-refractivity contribution is 6.33. The second kappa shape index (κ2) is 14.1. The molecule has 4 nitrogen and oxygen atoms in total. The van der Waals surface area contributed by atoms with Crippen LogP contribution in [0.2, 0.25) is 0 Å². The van der Waals surface area contributed by atoms with E-state index in [1.807, 2.05) is 72.8 Å². The van der Waals surface area contributed by atoms with Crippen molar-refractivity contribution in [3.8, 4) is 22.3 Å². The Morgan fingerprint density at radius 2 is 0.440 bits per heavy atom. The Kier molecular flexibility index (Phi) is 8.99. The number of hydrogen-bond donors (Lipinski definition) is 0. The number of ketones is 4. The second-order valence-corrected chi connectivity index (χ2v) is 11.8. The first-order valence-corrected chi connectivity index (χ1v) is 16.3. The molecule has 4 heteroatoms. The van der Waals surface area contributed by atoms with Gasteiger partial charge in [-0.3, -0.25) is 19.2 Å². The van der Waals surface area contributed by atoms with E-state index in [-0.39, 0.29) is 33.4 Å². The Labute approximate surface area is 290 Å². The third kappa shape index (κ3) is 6.02. The Hall–Kier alpha value is -6.78. The Morgan fingerprint density at radius 3 is 0.680 bits per heavy atom. The number of carbonyl (C=O) groups is 4. The minimum Gasteiger partial charge on any atom is -0.289 e. The molecule has 0 spiro atoms. The lowest BCUT2D eigenvalue weighted by molar-refractivity contribution is 0.0982. The minimum absolute atomic E-state index is 0.0546. The van der Waals surface area contributed by atoms with Crippen LogP contribution in [0.3, 0.4) is 0 Å². The Morgan fingerprint density at radius 1 is 0.240 bits per heavy atom. The van der Waals surface area contributed by atoms with Crippen molar-refractivity contribution in [1.29, 1.82) is 0 Å². The zero-order valence-corrected chi connectivity index (χ0v) is 27.0. The van der Waals surface area contributed by atoms with Crippen molar-refractivity contribution in [2.24, 2.45) is 0 Å². The molecule has 0 heterocycles. The molecule has 0 amide bonds. The zero-order chi connectivity index (χ0) is 34.5. The molecule has 50 heavy (non-hydrogen) atoms. The van der Waals surface area contributed by atoms with Crippen LogP contribution in [0.25, 0.3) is 22.3 Å². The van der Waals surface area contributed by atoms with Crippen LogP contribution in [0.5, 0.6) is 0 Å². The largest absolute Gasteiger partial charge is 0.289 e. The van der Waals surface area contributed by atoms with Gasteiger partial charge in [0.25, 0.3) is 0 Å². The van der Waals surface area contributed by atoms with Gasteiger partial charge in [0, 0.05) is 55.6 Å². The molecule has 0 saturated carbocycles. The zero-order valence-electron chi connectivity index (χ0n) is 27.0. The molecular formula is C46H30O4. The first-order valence-electron chi connectivity index (χ1n) is 16.3. The normalized spacial score (nSPS) is 10.7. The van der Waals surface area contributed by atoms with Crippen molar-refractivity contribution in [3.05, 3.63) is 226 Å². The quantitative estimate of drug-likeness (QED) is 0.139. The highest BCUT2D eigenvalue weighted by Gasteiger charge is 2.37. The summed E-state index contributed by atoms with van der Waals surface area (Å²) in [6.45, 7) is 0. The van der Waals surface area contributed by atoms with E-state index in [4.69, 9.17) is 0 Å². The van der Waals surface area contributed by atoms with E-state index in [1.165, 1.54) is 0 Å². The molecule has 0 fully saturated rings. The molecule has 7 aromatic carbocycles. The van der Waals surface area contributed by atoms with Crippen LogP contribution in [0.4, 0.5) is 0 Å². The Bertz CT molecular complexity index is 2160. The molecule has 7 aromatic rings. The lowest BCUT2D eigenvalue weighted by Crippen LogP contribution is -2.24. The van der Waals surface area contributed by atoms with Crippen molar-refractivity contribution in [2.75, 3.05) is 0 Å². The molecule has 0 N–H and O–H groups in total. The van der Waals surface area contributed by atoms with E-state index in [0.717, 1.165) is 0 Å². The van der Waals surface area contributed by atoms with Crippen LogP contribution < -0.4 is 0 Å². The van der Waals surface area contributed by atoms with Crippen molar-refractivity contribution in [1.82, 2.24) is 0 Å². The van der Waals surface area contributed by atoms with Gasteiger partial charge < -0.3 is 0 Å². The van der Waals surface area contributed by atoms with Crippen LogP contribution in [-0.2, 0) is 0 Å². The lowest BCUT2D eigenvalue weighted by Gasteiger charge is -2.26. The highest BCUT2D eigenvalue weighted by Crippen LogP contribution is 2.45. The predicted molar refractivity (Wildman–Crippen MR) is 197 cm³/mol. The first-order chi connectivity index (χ1) is 24.5. The third-order valence-corrected chi connectivity index (χ3v) is 8.68. The lowest BCUT2D eigenvalue weighted by atomic mass is 9.74. The maximum absolute atomic E-state index is 15.1. The summed E-state index contributed by atoms with van der Waals surface area (Å²) in [6.07, 6.45) is 0. The summed E-state index contributed by atoms with van der Waals surface area (Å²) in [5, 5.41) is 0. The van der Waals surface area contributed by atoms with E-state index in [1.54, 1.807) is 109 Å². The van der Waals surface area contributed by atoms with Gasteiger partial charge in [-0.15, -0.1) is 0 Å². The van der Waals surface area contributed by atoms with Gasteiger partial charge in [-0.1, -0.05) is 182 Å². The maximum atomic E-state index is 15.1. The molecule has 0 aliphatic carbocycles. The third-order valence-electron chi connectivity index (χ3n) is 8.68. The summed E-state index contributed by atoms with van der Waals surface area (Å²) in [5.41, 5.74) is 3.15. The molecule has 238 valence electrons. The van der Waals surface area contributed by atoms with E-state index in [0.29, 0.717) is 33.4 Å². The molecule has 0 unspecified atom stereocenters. The van der Waals surface area contributed by atoms with Crippen molar-refractivity contribution >= 4 is 23.1 Å². The maximum Gasteiger partial charge on any atom is 0.194 e. The van der Waals surface area contributed by atoms with Gasteiger partial charge in [-0.05, 0) is 11.1 Å². The smallest absolute Gasteiger partial charge is 0.194 e. The summed E-state index contributed by atoms with van der Waals surface area (Å²) < 4.78 is 0. The Balaban J connectivity index is 1.77. The highest BCUT2D eigenvalue weighted by atomic mass is 16.1. The summed E-state index contributed by atoms with van der Waals surface area (Å²) in [4.78, 5) is 60.4. The summed E-state index contributed by atoms with van der Waals surface area (Å²) >= 11 is 0. The van der Waals surface area contributed by atoms with Crippen molar-refractivity contribution in [3.63, 3.8) is 0 Å². The van der Waals surface area contributed by atoms with Gasteiger partial charge in [0.05, 0.1) is 0 Å². The van der Waals surface area contributed by atoms with Gasteiger partial charge in [0.2, 0.25) is 0 Å². The van der Waals surface area contributed by atoms with E-state index < -0.39 is 23.1 Å². The van der Waals surface area contributed by atoms with E-state index in [2.05, 4.69) is 0 Å². The molecule has 7 rings (SSSR count). The summed E-state index contributed by atoms with van der Waals surface area (Å²) in [6, 6.07) is 53.1. The van der Waals surface area contributed by atoms with Gasteiger partial charge in [0.1, 0.15) is 0 Å². The average molecular weight is 647 g/mol. The monoisotopic (exact) mass is 646 g/mol. The second-order valence-electron chi connectivity index (χ2n) is 11.8. The van der Waals surface area contributed by atoms with Crippen LogP contribution in [-0.4, -0.2) is 23.1 Å². The fraction of sp³-hybridized carbons (Fsp3) is 0. The molecule has 0 radical (unpaired) electrons. The van der Waals surface area contributed by atoms with E-state index in [9.17, 15) is 0 Å². The molecule has 0 bridgehead atoms. The van der Waals surface area contributed by atoms with Crippen molar-refractivity contribution in [2.45, 2.75) is 0 Å². The fourth-order valence-electron chi connectivity index (χ4n) is 6.38. The topological polar surface area (TPSA) is 68.3 Å². The molecular weight excluding hydrogens is 617 g/mol. The SMILES string of the molecule is O=C(c1ccccc1)c1c(C(=O)c2ccccc2)c(C(=O)c2ccccc2)c(-c2ccccc2)c(-c2ccccc2)c1C(=O)c1ccccc1. The van der Waals surface area contributed by atoms with Gasteiger partial charge >= 0.3 is 0 Å². The molecule has 0 saturated heterocycles. The number of benzene rings is 7. The molecule has 0 aliphatic rings. The van der Waals surface area contributed by atoms with Crippen LogP contribution >= 0.6 is 0 Å². The number of hydrogen-bond acceptors (Lipinski definition) is 4. The van der Waals surface area contributed by atoms with Gasteiger partial charge in [-0.2, -0.15) is 0 Å². The predicted octanol–water partition coefficient (Wildman–Crippen LogP) is 9.94. The number of rotatable bonds is 10. The summed E-state index contributed by atoms with van der Waals surface area (Å²) in [7, 11) is 0. The fourth-order valence-corrected chi connectivity index (χ4v) is 6.38. The number of carbonyl (C=O) groups excluding carboxylic acids is 4. The summed E-state index contributed by atoms with van der Waals surface area (Å²) in [5.74, 6) is -1.96. The molecule has 0 aromatic heterocycles. The van der Waals surface area contributed by atoms with Crippen LogP contribution in [0.15, 0.2) is 182 Å². The van der Waals surface area contributed by atoms with E-state index >= 15 is 19.2 Å². The van der Waals surface area contributed by atoms with Crippen LogP contribution in [0.1, 0.15) is 63.7 Å². The van der Waals surface area contributed by atoms with Crippen LogP contribution in [0, 0.1) is 0 Å².